The number of ether oxygens (including phenoxy) is 1. The molecule has 0 radical (unpaired) electrons. The van der Waals surface area contributed by atoms with Crippen molar-refractivity contribution in [2.75, 3.05) is 13.7 Å². The van der Waals surface area contributed by atoms with Gasteiger partial charge in [0.2, 0.25) is 0 Å². The summed E-state index contributed by atoms with van der Waals surface area (Å²) in [5, 5.41) is 7.05. The number of nitrogens with one attached hydrogen (secondary N) is 2. The van der Waals surface area contributed by atoms with Crippen molar-refractivity contribution in [2.24, 2.45) is 16.3 Å². The number of hydrogen-bond acceptors (Lipinski definition) is 3. The first-order valence-electron chi connectivity index (χ1n) is 9.72. The number of nitrogens with zero attached hydrogens (tertiary/aromatic N) is 3. The number of benzene rings is 1. The smallest absolute Gasteiger partial charge is 0.191 e. The highest BCUT2D eigenvalue weighted by Gasteiger charge is 2.59. The third-order valence-electron chi connectivity index (χ3n) is 6.03. The molecule has 2 aromatic rings. The zero-order chi connectivity index (χ0) is 18.9. The second-order valence-corrected chi connectivity index (χ2v) is 8.07. The molecule has 1 saturated heterocycles. The number of guanidine groups is 1. The van der Waals surface area contributed by atoms with E-state index in [2.05, 4.69) is 63.3 Å². The highest BCUT2D eigenvalue weighted by atomic mass is 16.5. The molecule has 0 bridgehead atoms. The van der Waals surface area contributed by atoms with Crippen molar-refractivity contribution in [3.63, 3.8) is 0 Å². The minimum atomic E-state index is 0.130. The lowest BCUT2D eigenvalue weighted by Crippen LogP contribution is -2.67. The van der Waals surface area contributed by atoms with E-state index in [1.807, 2.05) is 25.5 Å². The van der Waals surface area contributed by atoms with E-state index >= 15 is 0 Å². The van der Waals surface area contributed by atoms with Crippen LogP contribution >= 0.6 is 0 Å². The Labute approximate surface area is 161 Å². The largest absolute Gasteiger partial charge is 0.377 e. The van der Waals surface area contributed by atoms with Gasteiger partial charge in [0, 0.05) is 50.0 Å². The molecule has 3 atom stereocenters. The van der Waals surface area contributed by atoms with Gasteiger partial charge in [0.15, 0.2) is 5.96 Å². The maximum Gasteiger partial charge on any atom is 0.191 e. The fourth-order valence-corrected chi connectivity index (χ4v) is 4.55. The van der Waals surface area contributed by atoms with Gasteiger partial charge in [0.25, 0.3) is 0 Å². The van der Waals surface area contributed by atoms with Crippen LogP contribution in [0, 0.1) is 11.3 Å². The number of rotatable bonds is 5. The number of hydrogen-bond donors (Lipinski definition) is 2. The summed E-state index contributed by atoms with van der Waals surface area (Å²) >= 11 is 0. The van der Waals surface area contributed by atoms with Gasteiger partial charge in [0.05, 0.1) is 12.6 Å². The molecule has 0 spiro atoms. The van der Waals surface area contributed by atoms with Crippen molar-refractivity contribution < 1.29 is 4.74 Å². The highest BCUT2D eigenvalue weighted by Crippen LogP contribution is 2.52. The van der Waals surface area contributed by atoms with Gasteiger partial charge < -0.3 is 19.9 Å². The Balaban J connectivity index is 1.36. The molecule has 1 saturated carbocycles. The predicted octanol–water partition coefficient (Wildman–Crippen LogP) is 2.41. The van der Waals surface area contributed by atoms with E-state index in [1.165, 1.54) is 5.56 Å². The van der Waals surface area contributed by atoms with Gasteiger partial charge >= 0.3 is 0 Å². The standard InChI is InChI=1S/C21H29N5O/c1-21(2)18(16-9-12-27-19(16)21)25-20(22-3)24-13-17-23-10-11-26(17)14-15-7-5-4-6-8-15/h4-8,10-11,16,18-19H,9,12-14H2,1-3H3,(H2,22,24,25). The summed E-state index contributed by atoms with van der Waals surface area (Å²) < 4.78 is 8.06. The van der Waals surface area contributed by atoms with E-state index in [4.69, 9.17) is 4.74 Å². The van der Waals surface area contributed by atoms with Crippen LogP contribution in [0.4, 0.5) is 0 Å². The molecule has 6 heteroatoms. The highest BCUT2D eigenvalue weighted by molar-refractivity contribution is 5.80. The lowest BCUT2D eigenvalue weighted by molar-refractivity contribution is -0.106. The molecule has 3 unspecified atom stereocenters. The van der Waals surface area contributed by atoms with Crippen LogP contribution < -0.4 is 10.6 Å². The average molecular weight is 367 g/mol. The fraction of sp³-hybridized carbons (Fsp3) is 0.524. The Hall–Kier alpha value is -2.34. The Morgan fingerprint density at radius 1 is 1.33 bits per heavy atom. The van der Waals surface area contributed by atoms with Gasteiger partial charge in [0.1, 0.15) is 5.82 Å². The molecular weight excluding hydrogens is 338 g/mol. The maximum absolute atomic E-state index is 5.89. The van der Waals surface area contributed by atoms with Crippen molar-refractivity contribution in [1.29, 1.82) is 0 Å². The van der Waals surface area contributed by atoms with Gasteiger partial charge in [-0.3, -0.25) is 4.99 Å². The summed E-state index contributed by atoms with van der Waals surface area (Å²) in [5.41, 5.74) is 1.40. The van der Waals surface area contributed by atoms with Crippen molar-refractivity contribution in [3.8, 4) is 0 Å². The summed E-state index contributed by atoms with van der Waals surface area (Å²) in [6.07, 6.45) is 5.38. The monoisotopic (exact) mass is 367 g/mol. The second-order valence-electron chi connectivity index (χ2n) is 8.07. The normalized spacial score (nSPS) is 26.3. The average Bonchev–Trinajstić information content (AvgIpc) is 3.31. The molecule has 2 fully saturated rings. The predicted molar refractivity (Wildman–Crippen MR) is 107 cm³/mol. The number of fused-ring (bicyclic) bond motifs is 1. The number of aliphatic imine (C=N–C) groups is 1. The Bertz CT molecular complexity index is 798. The van der Waals surface area contributed by atoms with Crippen molar-refractivity contribution in [3.05, 3.63) is 54.1 Å². The molecule has 27 heavy (non-hydrogen) atoms. The van der Waals surface area contributed by atoms with E-state index in [0.29, 0.717) is 24.6 Å². The van der Waals surface area contributed by atoms with Crippen LogP contribution in [0.25, 0.3) is 0 Å². The zero-order valence-corrected chi connectivity index (χ0v) is 16.4. The minimum absolute atomic E-state index is 0.130. The van der Waals surface area contributed by atoms with Crippen LogP contribution in [0.1, 0.15) is 31.7 Å². The number of aromatic nitrogens is 2. The Kier molecular flexibility index (Phi) is 4.91. The van der Waals surface area contributed by atoms with E-state index in [1.54, 1.807) is 0 Å². The molecule has 2 aliphatic rings. The van der Waals surface area contributed by atoms with Crippen LogP contribution in [0.5, 0.6) is 0 Å². The Morgan fingerprint density at radius 3 is 2.93 bits per heavy atom. The van der Waals surface area contributed by atoms with Crippen molar-refractivity contribution >= 4 is 5.96 Å². The first kappa shape index (κ1) is 18.0. The van der Waals surface area contributed by atoms with E-state index in [-0.39, 0.29) is 5.41 Å². The molecule has 1 aromatic heterocycles. The van der Waals surface area contributed by atoms with Gasteiger partial charge in [-0.2, -0.15) is 0 Å². The van der Waals surface area contributed by atoms with Crippen LogP contribution in [-0.2, 0) is 17.8 Å². The lowest BCUT2D eigenvalue weighted by atomic mass is 9.57. The number of imidazole rings is 1. The fourth-order valence-electron chi connectivity index (χ4n) is 4.55. The molecule has 1 aliphatic carbocycles. The van der Waals surface area contributed by atoms with Crippen molar-refractivity contribution in [1.82, 2.24) is 20.2 Å². The van der Waals surface area contributed by atoms with Crippen LogP contribution in [-0.4, -0.2) is 41.3 Å². The topological polar surface area (TPSA) is 63.5 Å². The lowest BCUT2D eigenvalue weighted by Gasteiger charge is -2.54. The summed E-state index contributed by atoms with van der Waals surface area (Å²) in [6, 6.07) is 10.8. The summed E-state index contributed by atoms with van der Waals surface area (Å²) in [7, 11) is 1.82. The molecule has 0 amide bonds. The van der Waals surface area contributed by atoms with E-state index < -0.39 is 0 Å². The summed E-state index contributed by atoms with van der Waals surface area (Å²) in [5.74, 6) is 2.41. The van der Waals surface area contributed by atoms with Gasteiger partial charge in [-0.1, -0.05) is 44.2 Å². The third kappa shape index (κ3) is 3.46. The summed E-state index contributed by atoms with van der Waals surface area (Å²) in [6.45, 7) is 6.88. The maximum atomic E-state index is 5.89. The minimum Gasteiger partial charge on any atom is -0.377 e. The first-order chi connectivity index (χ1) is 13.1. The van der Waals surface area contributed by atoms with Gasteiger partial charge in [-0.15, -0.1) is 0 Å². The van der Waals surface area contributed by atoms with Crippen LogP contribution in [0.15, 0.2) is 47.7 Å². The van der Waals surface area contributed by atoms with Crippen LogP contribution in [0.3, 0.4) is 0 Å². The van der Waals surface area contributed by atoms with Crippen molar-refractivity contribution in [2.45, 2.75) is 45.5 Å². The molecule has 2 N–H and O–H groups in total. The van der Waals surface area contributed by atoms with Crippen LogP contribution in [0.2, 0.25) is 0 Å². The SMILES string of the molecule is CN=C(NCc1nccn1Cc1ccccc1)NC1C2CCOC2C1(C)C. The molecule has 1 aliphatic heterocycles. The van der Waals surface area contributed by atoms with E-state index in [9.17, 15) is 0 Å². The van der Waals surface area contributed by atoms with Gasteiger partial charge in [-0.25, -0.2) is 4.98 Å². The summed E-state index contributed by atoms with van der Waals surface area (Å²) in [4.78, 5) is 8.93. The third-order valence-corrected chi connectivity index (χ3v) is 6.03. The Morgan fingerprint density at radius 2 is 2.15 bits per heavy atom. The first-order valence-corrected chi connectivity index (χ1v) is 9.72. The molecule has 2 heterocycles. The molecule has 1 aromatic carbocycles. The van der Waals surface area contributed by atoms with Gasteiger partial charge in [-0.05, 0) is 12.0 Å². The molecular formula is C21H29N5O. The molecule has 6 nitrogen and oxygen atoms in total. The zero-order valence-electron chi connectivity index (χ0n) is 16.4. The molecule has 144 valence electrons. The second kappa shape index (κ2) is 7.35. The van der Waals surface area contributed by atoms with E-state index in [0.717, 1.165) is 31.4 Å². The quantitative estimate of drug-likeness (QED) is 0.629. The molecule has 4 rings (SSSR count).